The smallest absolute Gasteiger partial charge is 0.387 e. The molecule has 0 saturated carbocycles. The van der Waals surface area contributed by atoms with E-state index in [9.17, 15) is 8.78 Å². The van der Waals surface area contributed by atoms with Crippen LogP contribution in [0.25, 0.3) is 10.7 Å². The van der Waals surface area contributed by atoms with Crippen LogP contribution in [0.3, 0.4) is 0 Å². The average Bonchev–Trinajstić information content (AvgIpc) is 3.29. The van der Waals surface area contributed by atoms with E-state index in [0.29, 0.717) is 5.75 Å². The fourth-order valence-corrected chi connectivity index (χ4v) is 4.07. The molecule has 3 rings (SSSR count). The van der Waals surface area contributed by atoms with Crippen molar-refractivity contribution >= 4 is 23.1 Å². The van der Waals surface area contributed by atoms with Crippen LogP contribution in [0.4, 0.5) is 8.78 Å². The molecule has 9 heteroatoms. The molecule has 0 aliphatic heterocycles. The van der Waals surface area contributed by atoms with Crippen LogP contribution in [0.5, 0.6) is 11.5 Å². The Hall–Kier alpha value is -2.13. The number of benzene rings is 1. The Morgan fingerprint density at radius 1 is 1.23 bits per heavy atom. The summed E-state index contributed by atoms with van der Waals surface area (Å²) in [5, 5.41) is 11.4. The van der Waals surface area contributed by atoms with Crippen molar-refractivity contribution in [2.75, 3.05) is 7.11 Å². The first-order chi connectivity index (χ1) is 12.6. The standard InChI is InChI=1S/C17H17F2N3O2S2/c1-3-22-15(14-5-4-8-25-14)20-21-17(22)26-10-11-6-7-12(24-16(18)19)13(9-11)23-2/h4-9,16H,3,10H2,1-2H3. The second-order valence-electron chi connectivity index (χ2n) is 5.18. The lowest BCUT2D eigenvalue weighted by Crippen LogP contribution is -2.03. The van der Waals surface area contributed by atoms with Crippen molar-refractivity contribution in [1.82, 2.24) is 14.8 Å². The van der Waals surface area contributed by atoms with Crippen molar-refractivity contribution in [1.29, 1.82) is 0 Å². The summed E-state index contributed by atoms with van der Waals surface area (Å²) in [6, 6.07) is 8.92. The van der Waals surface area contributed by atoms with Gasteiger partial charge in [0.1, 0.15) is 0 Å². The summed E-state index contributed by atoms with van der Waals surface area (Å²) in [6.07, 6.45) is 0. The zero-order valence-electron chi connectivity index (χ0n) is 14.2. The van der Waals surface area contributed by atoms with Gasteiger partial charge in [-0.05, 0) is 36.1 Å². The Balaban J connectivity index is 1.75. The molecule has 0 aliphatic rings. The molecule has 3 aromatic rings. The number of methoxy groups -OCH3 is 1. The van der Waals surface area contributed by atoms with Gasteiger partial charge in [0.05, 0.1) is 12.0 Å². The third-order valence-electron chi connectivity index (χ3n) is 3.59. The monoisotopic (exact) mass is 397 g/mol. The van der Waals surface area contributed by atoms with Gasteiger partial charge in [-0.3, -0.25) is 0 Å². The molecule has 138 valence electrons. The fraction of sp³-hybridized carbons (Fsp3) is 0.294. The van der Waals surface area contributed by atoms with E-state index in [1.54, 1.807) is 23.5 Å². The van der Waals surface area contributed by atoms with E-state index in [1.807, 2.05) is 24.4 Å². The number of nitrogens with zero attached hydrogens (tertiary/aromatic N) is 3. The summed E-state index contributed by atoms with van der Waals surface area (Å²) >= 11 is 3.15. The van der Waals surface area contributed by atoms with Crippen molar-refractivity contribution in [3.63, 3.8) is 0 Å². The van der Waals surface area contributed by atoms with E-state index in [1.165, 1.54) is 24.9 Å². The van der Waals surface area contributed by atoms with Gasteiger partial charge in [-0.15, -0.1) is 21.5 Å². The van der Waals surface area contributed by atoms with Crippen molar-refractivity contribution in [2.24, 2.45) is 0 Å². The Morgan fingerprint density at radius 3 is 2.73 bits per heavy atom. The van der Waals surface area contributed by atoms with E-state index >= 15 is 0 Å². The van der Waals surface area contributed by atoms with E-state index < -0.39 is 6.61 Å². The predicted molar refractivity (Wildman–Crippen MR) is 98.2 cm³/mol. The molecule has 0 fully saturated rings. The van der Waals surface area contributed by atoms with Crippen LogP contribution in [0, 0.1) is 0 Å². The van der Waals surface area contributed by atoms with Crippen LogP contribution in [0.2, 0.25) is 0 Å². The Labute approximate surface area is 158 Å². The Morgan fingerprint density at radius 2 is 2.08 bits per heavy atom. The number of thiophene rings is 1. The lowest BCUT2D eigenvalue weighted by molar-refractivity contribution is -0.0512. The van der Waals surface area contributed by atoms with Gasteiger partial charge in [-0.25, -0.2) is 0 Å². The quantitative estimate of drug-likeness (QED) is 0.505. The number of thioether (sulfide) groups is 1. The number of hydrogen-bond acceptors (Lipinski definition) is 6. The van der Waals surface area contributed by atoms with Gasteiger partial charge in [-0.2, -0.15) is 8.78 Å². The highest BCUT2D eigenvalue weighted by atomic mass is 32.2. The van der Waals surface area contributed by atoms with Crippen LogP contribution < -0.4 is 9.47 Å². The van der Waals surface area contributed by atoms with Crippen LogP contribution in [0.1, 0.15) is 12.5 Å². The zero-order valence-corrected chi connectivity index (χ0v) is 15.8. The van der Waals surface area contributed by atoms with E-state index in [4.69, 9.17) is 4.74 Å². The molecule has 1 aromatic carbocycles. The Kier molecular flexibility index (Phi) is 6.10. The lowest BCUT2D eigenvalue weighted by Gasteiger charge is -2.11. The third kappa shape index (κ3) is 4.16. The highest BCUT2D eigenvalue weighted by Gasteiger charge is 2.15. The topological polar surface area (TPSA) is 49.2 Å². The number of hydrogen-bond donors (Lipinski definition) is 0. The first kappa shape index (κ1) is 18.7. The van der Waals surface area contributed by atoms with Crippen molar-refractivity contribution in [3.8, 4) is 22.2 Å². The lowest BCUT2D eigenvalue weighted by atomic mass is 10.2. The molecule has 0 amide bonds. The maximum absolute atomic E-state index is 12.4. The number of alkyl halides is 2. The minimum atomic E-state index is -2.89. The van der Waals surface area contributed by atoms with Crippen molar-refractivity contribution < 1.29 is 18.3 Å². The van der Waals surface area contributed by atoms with E-state index in [0.717, 1.165) is 28.0 Å². The summed E-state index contributed by atoms with van der Waals surface area (Å²) in [5.74, 6) is 1.75. The SMILES string of the molecule is CCn1c(SCc2ccc(OC(F)F)c(OC)c2)nnc1-c1cccs1. The summed E-state index contributed by atoms with van der Waals surface area (Å²) in [4.78, 5) is 1.07. The van der Waals surface area contributed by atoms with Gasteiger partial charge in [0.15, 0.2) is 22.5 Å². The first-order valence-electron chi connectivity index (χ1n) is 7.84. The van der Waals surface area contributed by atoms with Crippen LogP contribution in [0.15, 0.2) is 40.9 Å². The molecular formula is C17H17F2N3O2S2. The maximum Gasteiger partial charge on any atom is 0.387 e. The average molecular weight is 397 g/mol. The minimum absolute atomic E-state index is 0.0213. The number of ether oxygens (including phenoxy) is 2. The number of halogens is 2. The van der Waals surface area contributed by atoms with Crippen LogP contribution in [-0.2, 0) is 12.3 Å². The molecule has 0 radical (unpaired) electrons. The van der Waals surface area contributed by atoms with Gasteiger partial charge in [0.2, 0.25) is 0 Å². The van der Waals surface area contributed by atoms with Gasteiger partial charge in [0.25, 0.3) is 0 Å². The summed E-state index contributed by atoms with van der Waals surface area (Å²) in [6.45, 7) is -0.0835. The second kappa shape index (κ2) is 8.50. The molecule has 0 saturated heterocycles. The highest BCUT2D eigenvalue weighted by molar-refractivity contribution is 7.98. The molecular weight excluding hydrogens is 380 g/mol. The second-order valence-corrected chi connectivity index (χ2v) is 7.07. The Bertz CT molecular complexity index is 854. The molecule has 2 heterocycles. The van der Waals surface area contributed by atoms with Crippen LogP contribution >= 0.6 is 23.1 Å². The van der Waals surface area contributed by atoms with Crippen LogP contribution in [-0.4, -0.2) is 28.5 Å². The van der Waals surface area contributed by atoms with E-state index in [2.05, 4.69) is 19.5 Å². The van der Waals surface area contributed by atoms with Gasteiger partial charge >= 0.3 is 6.61 Å². The third-order valence-corrected chi connectivity index (χ3v) is 5.49. The predicted octanol–water partition coefficient (Wildman–Crippen LogP) is 4.93. The first-order valence-corrected chi connectivity index (χ1v) is 9.70. The number of rotatable bonds is 8. The minimum Gasteiger partial charge on any atom is -0.493 e. The molecule has 0 aliphatic carbocycles. The molecule has 0 unspecified atom stereocenters. The number of aromatic nitrogens is 3. The highest BCUT2D eigenvalue weighted by Crippen LogP contribution is 2.33. The van der Waals surface area contributed by atoms with Crippen molar-refractivity contribution in [2.45, 2.75) is 31.0 Å². The largest absolute Gasteiger partial charge is 0.493 e. The van der Waals surface area contributed by atoms with E-state index in [-0.39, 0.29) is 11.5 Å². The van der Waals surface area contributed by atoms with Gasteiger partial charge < -0.3 is 14.0 Å². The molecule has 0 spiro atoms. The summed E-state index contributed by atoms with van der Waals surface area (Å²) < 4.78 is 36.5. The van der Waals surface area contributed by atoms with Gasteiger partial charge in [-0.1, -0.05) is 23.9 Å². The maximum atomic E-state index is 12.4. The molecule has 0 bridgehead atoms. The normalized spacial score (nSPS) is 11.1. The fourth-order valence-electron chi connectivity index (χ4n) is 2.41. The molecule has 5 nitrogen and oxygen atoms in total. The molecule has 2 aromatic heterocycles. The van der Waals surface area contributed by atoms with Gasteiger partial charge in [0, 0.05) is 12.3 Å². The molecule has 0 atom stereocenters. The summed E-state index contributed by atoms with van der Waals surface area (Å²) in [5.41, 5.74) is 0.914. The summed E-state index contributed by atoms with van der Waals surface area (Å²) in [7, 11) is 1.42. The molecule has 26 heavy (non-hydrogen) atoms. The zero-order chi connectivity index (χ0) is 18.5. The van der Waals surface area contributed by atoms with Crippen molar-refractivity contribution in [3.05, 3.63) is 41.3 Å². The molecule has 0 N–H and O–H groups in total.